The summed E-state index contributed by atoms with van der Waals surface area (Å²) in [5.74, 6) is 0. The number of aryl methyl sites for hydroxylation is 1. The van der Waals surface area contributed by atoms with Gasteiger partial charge in [-0.25, -0.2) is 0 Å². The molecule has 1 N–H and O–H groups in total. The van der Waals surface area contributed by atoms with Gasteiger partial charge in [0.2, 0.25) is 0 Å². The normalized spacial score (nSPS) is 12.8. The highest BCUT2D eigenvalue weighted by molar-refractivity contribution is 5.29. The number of hydrogen-bond donors (Lipinski definition) is 1. The lowest BCUT2D eigenvalue weighted by Gasteiger charge is -2.16. The molecule has 0 radical (unpaired) electrons. The van der Waals surface area contributed by atoms with E-state index in [1.165, 1.54) is 17.5 Å². The Hall–Kier alpha value is -0.820. The molecule has 14 heavy (non-hydrogen) atoms. The molecule has 0 spiro atoms. The first-order valence-corrected chi connectivity index (χ1v) is 5.60. The fourth-order valence-electron chi connectivity index (χ4n) is 1.75. The Morgan fingerprint density at radius 1 is 1.21 bits per heavy atom. The molecule has 1 aromatic carbocycles. The zero-order valence-corrected chi connectivity index (χ0v) is 9.51. The van der Waals surface area contributed by atoms with Gasteiger partial charge < -0.3 is 5.32 Å². The third kappa shape index (κ3) is 2.85. The maximum atomic E-state index is 3.52. The SMILES string of the molecule is CCCNC(C)c1ccccc1CC. The zero-order chi connectivity index (χ0) is 10.4. The van der Waals surface area contributed by atoms with Crippen LogP contribution < -0.4 is 5.32 Å². The Balaban J connectivity index is 2.72. The van der Waals surface area contributed by atoms with Crippen molar-refractivity contribution in [1.82, 2.24) is 5.32 Å². The molecule has 1 rings (SSSR count). The molecule has 0 heterocycles. The molecule has 0 fully saturated rings. The van der Waals surface area contributed by atoms with Crippen molar-refractivity contribution in [2.45, 2.75) is 39.7 Å². The van der Waals surface area contributed by atoms with Gasteiger partial charge in [-0.1, -0.05) is 38.1 Å². The van der Waals surface area contributed by atoms with Crippen molar-refractivity contribution in [2.24, 2.45) is 0 Å². The highest BCUT2D eigenvalue weighted by Crippen LogP contribution is 2.17. The van der Waals surface area contributed by atoms with Crippen molar-refractivity contribution in [3.63, 3.8) is 0 Å². The predicted octanol–water partition coefficient (Wildman–Crippen LogP) is 3.31. The quantitative estimate of drug-likeness (QED) is 0.753. The summed E-state index contributed by atoms with van der Waals surface area (Å²) in [5, 5.41) is 3.52. The summed E-state index contributed by atoms with van der Waals surface area (Å²) in [6.07, 6.45) is 2.31. The Kier molecular flexibility index (Phi) is 4.68. The Morgan fingerprint density at radius 2 is 1.93 bits per heavy atom. The molecule has 1 nitrogen and oxygen atoms in total. The van der Waals surface area contributed by atoms with Crippen LogP contribution in [-0.4, -0.2) is 6.54 Å². The molecule has 0 aliphatic carbocycles. The minimum atomic E-state index is 0.478. The van der Waals surface area contributed by atoms with Crippen LogP contribution in [0.25, 0.3) is 0 Å². The van der Waals surface area contributed by atoms with Crippen molar-refractivity contribution in [1.29, 1.82) is 0 Å². The van der Waals surface area contributed by atoms with Crippen molar-refractivity contribution < 1.29 is 0 Å². The van der Waals surface area contributed by atoms with Gasteiger partial charge in [0.05, 0.1) is 0 Å². The van der Waals surface area contributed by atoms with E-state index in [2.05, 4.69) is 50.4 Å². The smallest absolute Gasteiger partial charge is 0.0294 e. The first kappa shape index (κ1) is 11.3. The summed E-state index contributed by atoms with van der Waals surface area (Å²) >= 11 is 0. The van der Waals surface area contributed by atoms with Crippen LogP contribution in [0.1, 0.15) is 44.4 Å². The van der Waals surface area contributed by atoms with E-state index in [0.29, 0.717) is 6.04 Å². The molecule has 1 aromatic rings. The lowest BCUT2D eigenvalue weighted by Crippen LogP contribution is -2.20. The minimum Gasteiger partial charge on any atom is -0.310 e. The third-order valence-electron chi connectivity index (χ3n) is 2.60. The summed E-state index contributed by atoms with van der Waals surface area (Å²) in [6, 6.07) is 9.17. The number of hydrogen-bond acceptors (Lipinski definition) is 1. The van der Waals surface area contributed by atoms with Gasteiger partial charge in [-0.2, -0.15) is 0 Å². The molecular formula is C13H21N. The fourth-order valence-corrected chi connectivity index (χ4v) is 1.75. The molecule has 1 heteroatoms. The van der Waals surface area contributed by atoms with Crippen LogP contribution in [0.4, 0.5) is 0 Å². The zero-order valence-electron chi connectivity index (χ0n) is 9.51. The molecule has 0 saturated carbocycles. The average molecular weight is 191 g/mol. The standard InChI is InChI=1S/C13H21N/c1-4-10-14-11(3)13-9-7-6-8-12(13)5-2/h6-9,11,14H,4-5,10H2,1-3H3. The second-order valence-corrected chi connectivity index (χ2v) is 3.73. The monoisotopic (exact) mass is 191 g/mol. The molecule has 0 aliphatic rings. The summed E-state index contributed by atoms with van der Waals surface area (Å²) < 4.78 is 0. The lowest BCUT2D eigenvalue weighted by atomic mass is 10.00. The van der Waals surface area contributed by atoms with Crippen molar-refractivity contribution in [3.05, 3.63) is 35.4 Å². The first-order valence-electron chi connectivity index (χ1n) is 5.60. The highest BCUT2D eigenvalue weighted by Gasteiger charge is 2.06. The van der Waals surface area contributed by atoms with E-state index in [4.69, 9.17) is 0 Å². The number of benzene rings is 1. The second kappa shape index (κ2) is 5.82. The van der Waals surface area contributed by atoms with E-state index in [0.717, 1.165) is 13.0 Å². The van der Waals surface area contributed by atoms with Crippen LogP contribution in [0.15, 0.2) is 24.3 Å². The average Bonchev–Trinajstić information content (AvgIpc) is 2.25. The van der Waals surface area contributed by atoms with E-state index in [1.54, 1.807) is 0 Å². The second-order valence-electron chi connectivity index (χ2n) is 3.73. The van der Waals surface area contributed by atoms with Gasteiger partial charge in [0.1, 0.15) is 0 Å². The molecule has 0 aromatic heterocycles. The van der Waals surface area contributed by atoms with E-state index >= 15 is 0 Å². The van der Waals surface area contributed by atoms with Crippen molar-refractivity contribution in [2.75, 3.05) is 6.54 Å². The Morgan fingerprint density at radius 3 is 2.57 bits per heavy atom. The van der Waals surface area contributed by atoms with Gasteiger partial charge in [-0.15, -0.1) is 0 Å². The highest BCUT2D eigenvalue weighted by atomic mass is 14.9. The molecule has 1 unspecified atom stereocenters. The van der Waals surface area contributed by atoms with Crippen molar-refractivity contribution in [3.8, 4) is 0 Å². The summed E-state index contributed by atoms with van der Waals surface area (Å²) in [6.45, 7) is 7.75. The maximum absolute atomic E-state index is 3.52. The molecule has 0 aliphatic heterocycles. The van der Waals surface area contributed by atoms with Crippen LogP contribution in [0, 0.1) is 0 Å². The molecule has 0 bridgehead atoms. The minimum absolute atomic E-state index is 0.478. The molecule has 0 saturated heterocycles. The van der Waals surface area contributed by atoms with E-state index in [9.17, 15) is 0 Å². The van der Waals surface area contributed by atoms with Gasteiger partial charge in [0.25, 0.3) is 0 Å². The molecule has 0 amide bonds. The van der Waals surface area contributed by atoms with Gasteiger partial charge in [-0.3, -0.25) is 0 Å². The van der Waals surface area contributed by atoms with Crippen LogP contribution in [0.3, 0.4) is 0 Å². The van der Waals surface area contributed by atoms with Crippen LogP contribution >= 0.6 is 0 Å². The van der Waals surface area contributed by atoms with Crippen LogP contribution in [0.2, 0.25) is 0 Å². The number of rotatable bonds is 5. The van der Waals surface area contributed by atoms with Gasteiger partial charge in [0.15, 0.2) is 0 Å². The third-order valence-corrected chi connectivity index (χ3v) is 2.60. The van der Waals surface area contributed by atoms with Crippen molar-refractivity contribution >= 4 is 0 Å². The largest absolute Gasteiger partial charge is 0.310 e. The van der Waals surface area contributed by atoms with Gasteiger partial charge in [-0.05, 0) is 37.4 Å². The van der Waals surface area contributed by atoms with E-state index in [1.807, 2.05) is 0 Å². The molecule has 1 atom stereocenters. The topological polar surface area (TPSA) is 12.0 Å². The van der Waals surface area contributed by atoms with Gasteiger partial charge >= 0.3 is 0 Å². The Bertz CT molecular complexity index is 268. The van der Waals surface area contributed by atoms with E-state index in [-0.39, 0.29) is 0 Å². The van der Waals surface area contributed by atoms with Gasteiger partial charge in [0, 0.05) is 6.04 Å². The number of nitrogens with one attached hydrogen (secondary N) is 1. The van der Waals surface area contributed by atoms with Crippen LogP contribution in [-0.2, 0) is 6.42 Å². The summed E-state index contributed by atoms with van der Waals surface area (Å²) in [5.41, 5.74) is 2.91. The first-order chi connectivity index (χ1) is 6.79. The van der Waals surface area contributed by atoms with Crippen LogP contribution in [0.5, 0.6) is 0 Å². The molecular weight excluding hydrogens is 170 g/mol. The summed E-state index contributed by atoms with van der Waals surface area (Å²) in [4.78, 5) is 0. The maximum Gasteiger partial charge on any atom is 0.0294 e. The fraction of sp³-hybridized carbons (Fsp3) is 0.538. The molecule has 78 valence electrons. The summed E-state index contributed by atoms with van der Waals surface area (Å²) in [7, 11) is 0. The Labute approximate surface area is 87.5 Å². The lowest BCUT2D eigenvalue weighted by molar-refractivity contribution is 0.567. The predicted molar refractivity (Wildman–Crippen MR) is 62.5 cm³/mol. The van der Waals surface area contributed by atoms with E-state index < -0.39 is 0 Å².